The predicted octanol–water partition coefficient (Wildman–Crippen LogP) is 3.32. The molecule has 0 saturated carbocycles. The van der Waals surface area contributed by atoms with Gasteiger partial charge >= 0.3 is 0 Å². The molecular formula is C26H24F2N6O3S. The van der Waals surface area contributed by atoms with Gasteiger partial charge in [-0.05, 0) is 54.4 Å². The number of rotatable bonds is 6. The fourth-order valence-corrected chi connectivity index (χ4v) is 5.02. The summed E-state index contributed by atoms with van der Waals surface area (Å²) >= 11 is 0. The van der Waals surface area contributed by atoms with Gasteiger partial charge < -0.3 is 10.2 Å². The predicted molar refractivity (Wildman–Crippen MR) is 141 cm³/mol. The Morgan fingerprint density at radius 2 is 1.87 bits per heavy atom. The maximum absolute atomic E-state index is 14.7. The Bertz CT molecular complexity index is 1680. The van der Waals surface area contributed by atoms with Crippen molar-refractivity contribution >= 4 is 39.4 Å². The smallest absolute Gasteiger partial charge is 0.283 e. The number of hydrogen-bond acceptors (Lipinski definition) is 7. The summed E-state index contributed by atoms with van der Waals surface area (Å²) in [5, 5.41) is 3.26. The number of anilines is 2. The van der Waals surface area contributed by atoms with Crippen LogP contribution in [-0.2, 0) is 31.1 Å². The molecule has 0 aliphatic carbocycles. The number of pyridine rings is 1. The minimum absolute atomic E-state index is 0.0156. The zero-order valence-corrected chi connectivity index (χ0v) is 21.6. The quantitative estimate of drug-likeness (QED) is 0.388. The normalized spacial score (nSPS) is 14.3. The van der Waals surface area contributed by atoms with Gasteiger partial charge in [0.25, 0.3) is 11.5 Å². The van der Waals surface area contributed by atoms with Crippen molar-refractivity contribution in [3.63, 3.8) is 0 Å². The Hall–Kier alpha value is -4.19. The second kappa shape index (κ2) is 9.93. The highest BCUT2D eigenvalue weighted by molar-refractivity contribution is 7.82. The molecule has 196 valence electrons. The number of benzene rings is 2. The lowest BCUT2D eigenvalue weighted by Crippen LogP contribution is -2.29. The van der Waals surface area contributed by atoms with Crippen molar-refractivity contribution in [3.05, 3.63) is 93.0 Å². The summed E-state index contributed by atoms with van der Waals surface area (Å²) in [5.74, 6) is -1.21. The van der Waals surface area contributed by atoms with Crippen LogP contribution in [0.4, 0.5) is 20.4 Å². The molecule has 0 spiro atoms. The van der Waals surface area contributed by atoms with Crippen molar-refractivity contribution in [1.82, 2.24) is 19.3 Å². The first-order chi connectivity index (χ1) is 18.1. The van der Waals surface area contributed by atoms with Crippen LogP contribution in [0.25, 0.3) is 10.9 Å². The van der Waals surface area contributed by atoms with Crippen molar-refractivity contribution in [2.24, 2.45) is 7.05 Å². The number of halogens is 2. The Kier molecular flexibility index (Phi) is 6.66. The van der Waals surface area contributed by atoms with Gasteiger partial charge in [0.1, 0.15) is 22.6 Å². The van der Waals surface area contributed by atoms with Crippen molar-refractivity contribution in [2.45, 2.75) is 26.1 Å². The Labute approximate surface area is 219 Å². The van der Waals surface area contributed by atoms with E-state index in [1.807, 2.05) is 4.90 Å². The topological polar surface area (TPSA) is 109 Å². The molecule has 2 N–H and O–H groups in total. The Balaban J connectivity index is 1.56. The van der Waals surface area contributed by atoms with E-state index < -0.39 is 34.3 Å². The van der Waals surface area contributed by atoms with Crippen LogP contribution in [0.15, 0.2) is 53.5 Å². The van der Waals surface area contributed by atoms with Crippen LogP contribution in [0.2, 0.25) is 0 Å². The summed E-state index contributed by atoms with van der Waals surface area (Å²) in [5.41, 5.74) is 2.37. The van der Waals surface area contributed by atoms with Crippen LogP contribution < -0.4 is 20.5 Å². The van der Waals surface area contributed by atoms with E-state index in [1.165, 1.54) is 35.2 Å². The average Bonchev–Trinajstić information content (AvgIpc) is 3.28. The lowest BCUT2D eigenvalue weighted by Gasteiger charge is -2.22. The van der Waals surface area contributed by atoms with Gasteiger partial charge in [0.2, 0.25) is 5.95 Å². The van der Waals surface area contributed by atoms with Gasteiger partial charge in [0.05, 0.1) is 22.6 Å². The molecule has 2 unspecified atom stereocenters. The van der Waals surface area contributed by atoms with Gasteiger partial charge in [0, 0.05) is 38.2 Å². The van der Waals surface area contributed by atoms with E-state index in [0.717, 1.165) is 17.2 Å². The number of fused-ring (bicyclic) bond motifs is 2. The molecule has 9 nitrogen and oxygen atoms in total. The molecule has 0 bridgehead atoms. The lowest BCUT2D eigenvalue weighted by molar-refractivity contribution is 0.0979. The van der Waals surface area contributed by atoms with Crippen molar-refractivity contribution in [2.75, 3.05) is 16.5 Å². The second-order valence-electron chi connectivity index (χ2n) is 9.09. The molecule has 1 aliphatic rings. The largest absolute Gasteiger partial charge is 0.377 e. The maximum Gasteiger partial charge on any atom is 0.283 e. The molecule has 2 aromatic carbocycles. The van der Waals surface area contributed by atoms with E-state index in [4.69, 9.17) is 4.98 Å². The van der Waals surface area contributed by atoms with Crippen LogP contribution in [0.3, 0.4) is 0 Å². The van der Waals surface area contributed by atoms with E-state index >= 15 is 0 Å². The summed E-state index contributed by atoms with van der Waals surface area (Å²) in [7, 11) is -0.0217. The van der Waals surface area contributed by atoms with Gasteiger partial charge in [-0.3, -0.25) is 18.9 Å². The zero-order valence-electron chi connectivity index (χ0n) is 20.8. The van der Waals surface area contributed by atoms with Crippen LogP contribution in [0, 0.1) is 11.6 Å². The summed E-state index contributed by atoms with van der Waals surface area (Å²) in [6, 6.07) is 9.67. The Morgan fingerprint density at radius 3 is 2.63 bits per heavy atom. The van der Waals surface area contributed by atoms with Crippen LogP contribution >= 0.6 is 0 Å². The van der Waals surface area contributed by atoms with Crippen LogP contribution in [-0.4, -0.2) is 30.9 Å². The van der Waals surface area contributed by atoms with Gasteiger partial charge in [-0.1, -0.05) is 6.07 Å². The van der Waals surface area contributed by atoms with Gasteiger partial charge in [-0.15, -0.1) is 0 Å². The van der Waals surface area contributed by atoms with Gasteiger partial charge in [0.15, 0.2) is 5.69 Å². The molecule has 0 saturated heterocycles. The van der Waals surface area contributed by atoms with Crippen molar-refractivity contribution in [1.29, 1.82) is 0 Å². The average molecular weight is 539 g/mol. The number of carbonyl (C=O) groups excluding carboxylic acids is 1. The first-order valence-electron chi connectivity index (χ1n) is 11.7. The van der Waals surface area contributed by atoms with E-state index in [9.17, 15) is 22.6 Å². The maximum atomic E-state index is 14.7. The standard InChI is InChI=1S/C26H24F2N6O3S/c1-14(30-21-5-4-8-29-23(21)24(35)32-38(3)37)19-10-18(28)11-20-22(19)31-26(33(2)25(20)36)34-12-15-6-7-17(27)9-16(15)13-34/h4-11,14,30H,12-13H2,1-3H3,(H,32,35). The van der Waals surface area contributed by atoms with E-state index in [0.29, 0.717) is 35.8 Å². The highest BCUT2D eigenvalue weighted by atomic mass is 32.2. The van der Waals surface area contributed by atoms with Crippen LogP contribution in [0.1, 0.15) is 40.1 Å². The number of amides is 1. The molecule has 2 atom stereocenters. The Morgan fingerprint density at radius 1 is 1.11 bits per heavy atom. The minimum atomic E-state index is -1.59. The first kappa shape index (κ1) is 25.5. The number of nitrogens with one attached hydrogen (secondary N) is 2. The third-order valence-corrected chi connectivity index (χ3v) is 6.90. The fraction of sp³-hybridized carbons (Fsp3) is 0.231. The summed E-state index contributed by atoms with van der Waals surface area (Å²) in [4.78, 5) is 36.6. The minimum Gasteiger partial charge on any atom is -0.377 e. The summed E-state index contributed by atoms with van der Waals surface area (Å²) in [6.45, 7) is 2.56. The molecular weight excluding hydrogens is 514 g/mol. The molecule has 3 heterocycles. The molecule has 1 amide bonds. The molecule has 5 rings (SSSR count). The summed E-state index contributed by atoms with van der Waals surface area (Å²) in [6.07, 6.45) is 2.76. The van der Waals surface area contributed by atoms with Crippen molar-refractivity contribution in [3.8, 4) is 0 Å². The number of hydrogen-bond donors (Lipinski definition) is 2. The highest BCUT2D eigenvalue weighted by Gasteiger charge is 2.25. The lowest BCUT2D eigenvalue weighted by atomic mass is 10.0. The molecule has 2 aromatic heterocycles. The molecule has 4 aromatic rings. The number of carbonyl (C=O) groups is 1. The molecule has 0 fully saturated rings. The number of nitrogens with zero attached hydrogens (tertiary/aromatic N) is 4. The van der Waals surface area contributed by atoms with Gasteiger partial charge in [-0.25, -0.2) is 23.0 Å². The second-order valence-corrected chi connectivity index (χ2v) is 10.2. The zero-order chi connectivity index (χ0) is 27.1. The third kappa shape index (κ3) is 4.74. The van der Waals surface area contributed by atoms with E-state index in [-0.39, 0.29) is 16.9 Å². The van der Waals surface area contributed by atoms with Crippen molar-refractivity contribution < 1.29 is 17.8 Å². The highest BCUT2D eigenvalue weighted by Crippen LogP contribution is 2.31. The van der Waals surface area contributed by atoms with Crippen LogP contribution in [0.5, 0.6) is 0 Å². The molecule has 1 aliphatic heterocycles. The number of aromatic nitrogens is 3. The third-order valence-electron chi connectivity index (χ3n) is 6.42. The fourth-order valence-electron chi connectivity index (χ4n) is 4.66. The molecule has 12 heteroatoms. The van der Waals surface area contributed by atoms with E-state index in [2.05, 4.69) is 15.0 Å². The molecule has 0 radical (unpaired) electrons. The first-order valence-corrected chi connectivity index (χ1v) is 13.3. The monoisotopic (exact) mass is 538 g/mol. The molecule has 38 heavy (non-hydrogen) atoms. The summed E-state index contributed by atoms with van der Waals surface area (Å²) < 4.78 is 43.6. The van der Waals surface area contributed by atoms with E-state index in [1.54, 1.807) is 32.2 Å². The van der Waals surface area contributed by atoms with Gasteiger partial charge in [-0.2, -0.15) is 0 Å². The SMILES string of the molecule is CC(Nc1cccnc1C(=O)NS(C)=O)c1cc(F)cc2c(=O)n(C)c(N3Cc4ccc(F)cc4C3)nc12.